The summed E-state index contributed by atoms with van der Waals surface area (Å²) in [4.78, 5) is 4.53. The Morgan fingerprint density at radius 1 is 0.486 bits per heavy atom. The van der Waals surface area contributed by atoms with Crippen LogP contribution in [0.3, 0.4) is 0 Å². The van der Waals surface area contributed by atoms with Gasteiger partial charge in [-0.05, 0) is 48.7 Å². The van der Waals surface area contributed by atoms with Gasteiger partial charge in [0.25, 0.3) is 0 Å². The summed E-state index contributed by atoms with van der Waals surface area (Å²) in [7, 11) is -1.17. The van der Waals surface area contributed by atoms with Gasteiger partial charge in [-0.3, -0.25) is 0 Å². The Morgan fingerprint density at radius 3 is 1.26 bits per heavy atom. The molecule has 0 saturated carbocycles. The van der Waals surface area contributed by atoms with E-state index in [4.69, 9.17) is 5.73 Å². The fourth-order valence-corrected chi connectivity index (χ4v) is 9.08. The normalized spacial score (nSPS) is 11.1. The van der Waals surface area contributed by atoms with Gasteiger partial charge in [0.05, 0.1) is 0 Å². The summed E-state index contributed by atoms with van der Waals surface area (Å²) in [6, 6.07) is 45.6. The molecule has 0 aliphatic rings. The SMILES string of the molecule is Nc1nccc(CP(c2ccccc2)c2ccccc2)c1CP(c1ccccc1)c1ccccc1. The van der Waals surface area contributed by atoms with Crippen molar-refractivity contribution in [3.8, 4) is 0 Å². The Labute approximate surface area is 210 Å². The van der Waals surface area contributed by atoms with Crippen molar-refractivity contribution < 1.29 is 0 Å². The average Bonchev–Trinajstić information content (AvgIpc) is 2.93. The van der Waals surface area contributed by atoms with E-state index in [-0.39, 0.29) is 0 Å². The molecule has 0 unspecified atom stereocenters. The van der Waals surface area contributed by atoms with Crippen LogP contribution < -0.4 is 27.0 Å². The predicted octanol–water partition coefficient (Wildman–Crippen LogP) is 5.93. The summed E-state index contributed by atoms with van der Waals surface area (Å²) in [5.41, 5.74) is 9.07. The second-order valence-electron chi connectivity index (χ2n) is 8.35. The first kappa shape index (κ1) is 23.4. The lowest BCUT2D eigenvalue weighted by atomic mass is 10.2. The lowest BCUT2D eigenvalue weighted by molar-refractivity contribution is 1.19. The Morgan fingerprint density at radius 2 is 0.857 bits per heavy atom. The average molecular weight is 491 g/mol. The van der Waals surface area contributed by atoms with Gasteiger partial charge in [0, 0.05) is 24.1 Å². The van der Waals surface area contributed by atoms with Crippen LogP contribution in [-0.4, -0.2) is 4.98 Å². The van der Waals surface area contributed by atoms with Gasteiger partial charge in [0.1, 0.15) is 5.82 Å². The number of aromatic nitrogens is 1. The van der Waals surface area contributed by atoms with Crippen LogP contribution >= 0.6 is 15.8 Å². The molecular weight excluding hydrogens is 462 g/mol. The molecule has 0 radical (unpaired) electrons. The zero-order valence-electron chi connectivity index (χ0n) is 19.5. The number of rotatable bonds is 8. The minimum absolute atomic E-state index is 0.565. The van der Waals surface area contributed by atoms with Crippen molar-refractivity contribution in [2.24, 2.45) is 0 Å². The third-order valence-electron chi connectivity index (χ3n) is 6.10. The second kappa shape index (κ2) is 11.4. The summed E-state index contributed by atoms with van der Waals surface area (Å²) < 4.78 is 0. The van der Waals surface area contributed by atoms with Crippen molar-refractivity contribution >= 4 is 42.9 Å². The van der Waals surface area contributed by atoms with E-state index in [0.717, 1.165) is 12.3 Å². The molecule has 5 aromatic rings. The molecule has 35 heavy (non-hydrogen) atoms. The van der Waals surface area contributed by atoms with Crippen molar-refractivity contribution in [2.75, 3.05) is 5.73 Å². The molecule has 1 aromatic heterocycles. The van der Waals surface area contributed by atoms with E-state index in [1.165, 1.54) is 32.3 Å². The molecule has 1 heterocycles. The first-order chi connectivity index (χ1) is 17.3. The van der Waals surface area contributed by atoms with E-state index >= 15 is 0 Å². The Balaban J connectivity index is 1.55. The van der Waals surface area contributed by atoms with Crippen LogP contribution in [0.25, 0.3) is 0 Å². The van der Waals surface area contributed by atoms with E-state index < -0.39 is 15.8 Å². The highest BCUT2D eigenvalue weighted by molar-refractivity contribution is 7.72. The molecule has 0 aliphatic heterocycles. The van der Waals surface area contributed by atoms with Gasteiger partial charge in [-0.15, -0.1) is 0 Å². The third-order valence-corrected chi connectivity index (χ3v) is 11.1. The quantitative estimate of drug-likeness (QED) is 0.274. The van der Waals surface area contributed by atoms with E-state index in [0.29, 0.717) is 5.82 Å². The van der Waals surface area contributed by atoms with Crippen LogP contribution in [0.5, 0.6) is 0 Å². The number of nitrogens with zero attached hydrogens (tertiary/aromatic N) is 1. The van der Waals surface area contributed by atoms with Crippen LogP contribution in [0.15, 0.2) is 134 Å². The molecule has 0 bridgehead atoms. The number of anilines is 1. The fourth-order valence-electron chi connectivity index (χ4n) is 4.30. The summed E-state index contributed by atoms with van der Waals surface area (Å²) >= 11 is 0. The minimum Gasteiger partial charge on any atom is -0.383 e. The lowest BCUT2D eigenvalue weighted by Crippen LogP contribution is -2.16. The van der Waals surface area contributed by atoms with Crippen molar-refractivity contribution in [3.63, 3.8) is 0 Å². The molecule has 172 valence electrons. The van der Waals surface area contributed by atoms with Gasteiger partial charge >= 0.3 is 0 Å². The Bertz CT molecular complexity index is 1270. The molecule has 0 amide bonds. The fraction of sp³-hybridized carbons (Fsp3) is 0.0645. The summed E-state index contributed by atoms with van der Waals surface area (Å²) in [5.74, 6) is 0.651. The molecule has 2 nitrogen and oxygen atoms in total. The molecular formula is C31H28N2P2. The summed E-state index contributed by atoms with van der Waals surface area (Å²) in [6.07, 6.45) is 3.69. The monoisotopic (exact) mass is 490 g/mol. The van der Waals surface area contributed by atoms with E-state index in [1.807, 2.05) is 6.20 Å². The molecule has 0 spiro atoms. The Kier molecular flexibility index (Phi) is 7.64. The number of pyridine rings is 1. The highest BCUT2D eigenvalue weighted by Crippen LogP contribution is 2.44. The summed E-state index contributed by atoms with van der Waals surface area (Å²) in [6.45, 7) is 0. The maximum absolute atomic E-state index is 6.59. The van der Waals surface area contributed by atoms with Crippen LogP contribution in [0.2, 0.25) is 0 Å². The van der Waals surface area contributed by atoms with Crippen LogP contribution in [0, 0.1) is 0 Å². The van der Waals surface area contributed by atoms with Crippen LogP contribution in [0.4, 0.5) is 5.82 Å². The van der Waals surface area contributed by atoms with E-state index in [9.17, 15) is 0 Å². The molecule has 2 N–H and O–H groups in total. The summed E-state index contributed by atoms with van der Waals surface area (Å²) in [5, 5.41) is 5.47. The second-order valence-corrected chi connectivity index (χ2v) is 12.8. The maximum Gasteiger partial charge on any atom is 0.127 e. The lowest BCUT2D eigenvalue weighted by Gasteiger charge is -2.24. The zero-order valence-corrected chi connectivity index (χ0v) is 21.3. The molecule has 0 atom stereocenters. The highest BCUT2D eigenvalue weighted by Gasteiger charge is 2.21. The molecule has 0 saturated heterocycles. The standard InChI is InChI=1S/C31H28N2P2/c32-31-30(24-35(28-17-9-3-10-18-28)29-19-11-4-12-20-29)25(21-22-33-31)23-34(26-13-5-1-6-14-26)27-15-7-2-8-16-27/h1-22H,23-24H2,(H2,32,33). The van der Waals surface area contributed by atoms with Crippen molar-refractivity contribution in [1.82, 2.24) is 4.98 Å². The van der Waals surface area contributed by atoms with Crippen molar-refractivity contribution in [1.29, 1.82) is 0 Å². The smallest absolute Gasteiger partial charge is 0.127 e. The topological polar surface area (TPSA) is 38.9 Å². The van der Waals surface area contributed by atoms with E-state index in [2.05, 4.69) is 132 Å². The van der Waals surface area contributed by atoms with Crippen LogP contribution in [-0.2, 0) is 12.3 Å². The third kappa shape index (κ3) is 5.68. The zero-order chi connectivity index (χ0) is 23.9. The molecule has 5 rings (SSSR count). The van der Waals surface area contributed by atoms with Gasteiger partial charge in [-0.1, -0.05) is 121 Å². The maximum atomic E-state index is 6.59. The first-order valence-corrected chi connectivity index (χ1v) is 14.8. The van der Waals surface area contributed by atoms with E-state index in [1.54, 1.807) is 0 Å². The van der Waals surface area contributed by atoms with Gasteiger partial charge in [0.15, 0.2) is 0 Å². The number of benzene rings is 4. The van der Waals surface area contributed by atoms with Gasteiger partial charge in [0.2, 0.25) is 0 Å². The van der Waals surface area contributed by atoms with Crippen LogP contribution in [0.1, 0.15) is 11.1 Å². The number of nitrogens with two attached hydrogens (primary N) is 1. The molecule has 0 fully saturated rings. The molecule has 0 aliphatic carbocycles. The largest absolute Gasteiger partial charge is 0.383 e. The number of nitrogen functional groups attached to an aromatic ring is 1. The number of hydrogen-bond donors (Lipinski definition) is 1. The first-order valence-electron chi connectivity index (χ1n) is 11.8. The highest BCUT2D eigenvalue weighted by atomic mass is 31.1. The minimum atomic E-state index is -0.606. The molecule has 4 heteroatoms. The van der Waals surface area contributed by atoms with Gasteiger partial charge < -0.3 is 5.73 Å². The van der Waals surface area contributed by atoms with Gasteiger partial charge in [-0.2, -0.15) is 0 Å². The van der Waals surface area contributed by atoms with Crippen molar-refractivity contribution in [2.45, 2.75) is 12.3 Å². The Hall–Kier alpha value is -3.31. The van der Waals surface area contributed by atoms with Crippen molar-refractivity contribution in [3.05, 3.63) is 145 Å². The van der Waals surface area contributed by atoms with Gasteiger partial charge in [-0.25, -0.2) is 4.98 Å². The number of hydrogen-bond acceptors (Lipinski definition) is 2. The predicted molar refractivity (Wildman–Crippen MR) is 154 cm³/mol. The molecule has 4 aromatic carbocycles.